The summed E-state index contributed by atoms with van der Waals surface area (Å²) in [6.07, 6.45) is 0.0909. The van der Waals surface area contributed by atoms with Crippen molar-refractivity contribution in [1.82, 2.24) is 15.5 Å². The Hall–Kier alpha value is -2.16. The Morgan fingerprint density at radius 2 is 2.33 bits per heavy atom. The first kappa shape index (κ1) is 13.9. The summed E-state index contributed by atoms with van der Waals surface area (Å²) in [5, 5.41) is 9.04. The minimum absolute atomic E-state index is 0.408. The van der Waals surface area contributed by atoms with Crippen LogP contribution in [0.1, 0.15) is 32.9 Å². The van der Waals surface area contributed by atoms with E-state index in [9.17, 15) is 4.79 Å². The minimum Gasteiger partial charge on any atom is -0.444 e. The highest BCUT2D eigenvalue weighted by Crippen LogP contribution is 2.06. The van der Waals surface area contributed by atoms with Gasteiger partial charge in [-0.05, 0) is 26.7 Å². The maximum Gasteiger partial charge on any atom is 0.407 e. The van der Waals surface area contributed by atoms with Crippen LogP contribution in [-0.4, -0.2) is 28.4 Å². The molecule has 0 saturated heterocycles. The zero-order valence-electron chi connectivity index (χ0n) is 10.8. The second-order valence-corrected chi connectivity index (χ2v) is 4.69. The summed E-state index contributed by atoms with van der Waals surface area (Å²) in [5.74, 6) is 6.14. The van der Waals surface area contributed by atoms with Crippen LogP contribution < -0.4 is 11.1 Å². The van der Waals surface area contributed by atoms with Crippen LogP contribution in [0.5, 0.6) is 0 Å². The average Bonchev–Trinajstić information content (AvgIpc) is 2.61. The van der Waals surface area contributed by atoms with Crippen molar-refractivity contribution in [3.8, 4) is 11.8 Å². The molecule has 0 aliphatic rings. The normalized spacial score (nSPS) is 10.4. The number of ether oxygens (including phenoxy) is 1. The molecule has 0 aromatic carbocycles. The SMILES string of the molecule is CC(C)(C)OC(=O)NCCC#Cc1cc(N)n[nH]1. The number of alkyl carbamates (subject to hydrolysis) is 1. The van der Waals surface area contributed by atoms with Crippen molar-refractivity contribution in [3.63, 3.8) is 0 Å². The molecule has 98 valence electrons. The average molecular weight is 250 g/mol. The van der Waals surface area contributed by atoms with Crippen molar-refractivity contribution >= 4 is 11.9 Å². The first-order valence-corrected chi connectivity index (χ1v) is 5.63. The monoisotopic (exact) mass is 250 g/mol. The summed E-state index contributed by atoms with van der Waals surface area (Å²) in [6, 6.07) is 1.65. The molecular weight excluding hydrogens is 232 g/mol. The molecule has 18 heavy (non-hydrogen) atoms. The van der Waals surface area contributed by atoms with Crippen LogP contribution in [0, 0.1) is 11.8 Å². The summed E-state index contributed by atoms with van der Waals surface area (Å²) < 4.78 is 5.07. The topological polar surface area (TPSA) is 93.0 Å². The van der Waals surface area contributed by atoms with E-state index in [-0.39, 0.29) is 0 Å². The fourth-order valence-corrected chi connectivity index (χ4v) is 1.10. The molecule has 4 N–H and O–H groups in total. The molecule has 1 rings (SSSR count). The number of nitrogens with zero attached hydrogens (tertiary/aromatic N) is 1. The van der Waals surface area contributed by atoms with Crippen LogP contribution in [0.15, 0.2) is 6.07 Å². The fourth-order valence-electron chi connectivity index (χ4n) is 1.10. The Labute approximate surface area is 106 Å². The summed E-state index contributed by atoms with van der Waals surface area (Å²) in [7, 11) is 0. The number of hydrogen-bond acceptors (Lipinski definition) is 4. The van der Waals surface area contributed by atoms with E-state index < -0.39 is 11.7 Å². The quantitative estimate of drug-likeness (QED) is 0.544. The summed E-state index contributed by atoms with van der Waals surface area (Å²) in [6.45, 7) is 5.88. The number of aromatic amines is 1. The minimum atomic E-state index is -0.483. The van der Waals surface area contributed by atoms with Gasteiger partial charge in [-0.1, -0.05) is 5.92 Å². The lowest BCUT2D eigenvalue weighted by Crippen LogP contribution is -2.32. The van der Waals surface area contributed by atoms with E-state index in [0.717, 1.165) is 0 Å². The summed E-state index contributed by atoms with van der Waals surface area (Å²) >= 11 is 0. The van der Waals surface area contributed by atoms with Gasteiger partial charge >= 0.3 is 6.09 Å². The molecule has 0 aliphatic heterocycles. The number of hydrogen-bond donors (Lipinski definition) is 3. The molecule has 1 aromatic rings. The van der Waals surface area contributed by atoms with E-state index in [1.165, 1.54) is 0 Å². The Bertz CT molecular complexity index is 462. The van der Waals surface area contributed by atoms with Crippen LogP contribution >= 0.6 is 0 Å². The second-order valence-electron chi connectivity index (χ2n) is 4.69. The van der Waals surface area contributed by atoms with Crippen LogP contribution in [0.4, 0.5) is 10.6 Å². The largest absolute Gasteiger partial charge is 0.444 e. The number of nitrogens with two attached hydrogens (primary N) is 1. The lowest BCUT2D eigenvalue weighted by Gasteiger charge is -2.19. The van der Waals surface area contributed by atoms with Gasteiger partial charge in [0, 0.05) is 19.0 Å². The second kappa shape index (κ2) is 5.96. The number of anilines is 1. The van der Waals surface area contributed by atoms with Gasteiger partial charge < -0.3 is 15.8 Å². The number of rotatable bonds is 2. The number of nitrogens with one attached hydrogen (secondary N) is 2. The highest BCUT2D eigenvalue weighted by Gasteiger charge is 2.15. The Morgan fingerprint density at radius 1 is 1.61 bits per heavy atom. The first-order valence-electron chi connectivity index (χ1n) is 5.63. The maximum absolute atomic E-state index is 11.3. The molecular formula is C12H18N4O2. The lowest BCUT2D eigenvalue weighted by atomic mass is 10.2. The molecule has 0 unspecified atom stereocenters. The van der Waals surface area contributed by atoms with Gasteiger partial charge in [-0.3, -0.25) is 5.10 Å². The Kier molecular flexibility index (Phi) is 4.60. The van der Waals surface area contributed by atoms with Gasteiger partial charge in [0.1, 0.15) is 17.1 Å². The van der Waals surface area contributed by atoms with Crippen LogP contribution in [0.25, 0.3) is 0 Å². The van der Waals surface area contributed by atoms with Crippen LogP contribution in [0.2, 0.25) is 0 Å². The van der Waals surface area contributed by atoms with Crippen molar-refractivity contribution in [2.45, 2.75) is 32.8 Å². The maximum atomic E-state index is 11.3. The predicted molar refractivity (Wildman–Crippen MR) is 68.7 cm³/mol. The zero-order chi connectivity index (χ0) is 13.6. The van der Waals surface area contributed by atoms with Crippen molar-refractivity contribution in [1.29, 1.82) is 0 Å². The molecule has 1 aromatic heterocycles. The molecule has 0 atom stereocenters. The molecule has 0 bridgehead atoms. The number of carbonyl (C=O) groups is 1. The Morgan fingerprint density at radius 3 is 2.89 bits per heavy atom. The third kappa shape index (κ3) is 5.80. The number of H-pyrrole nitrogens is 1. The molecule has 0 spiro atoms. The van der Waals surface area contributed by atoms with Gasteiger partial charge in [-0.15, -0.1) is 0 Å². The van der Waals surface area contributed by atoms with E-state index in [0.29, 0.717) is 24.5 Å². The first-order chi connectivity index (χ1) is 8.37. The molecule has 1 amide bonds. The van der Waals surface area contributed by atoms with E-state index in [1.807, 2.05) is 20.8 Å². The van der Waals surface area contributed by atoms with Gasteiger partial charge in [-0.25, -0.2) is 4.79 Å². The highest BCUT2D eigenvalue weighted by molar-refractivity contribution is 5.67. The molecule has 0 aliphatic carbocycles. The number of aromatic nitrogens is 2. The van der Waals surface area contributed by atoms with Crippen molar-refractivity contribution < 1.29 is 9.53 Å². The predicted octanol–water partition coefficient (Wildman–Crippen LogP) is 1.26. The zero-order valence-corrected chi connectivity index (χ0v) is 10.8. The Balaban J connectivity index is 2.23. The summed E-state index contributed by atoms with van der Waals surface area (Å²) in [5.41, 5.74) is 5.60. The van der Waals surface area contributed by atoms with E-state index >= 15 is 0 Å². The molecule has 6 heteroatoms. The van der Waals surface area contributed by atoms with Crippen molar-refractivity contribution in [2.75, 3.05) is 12.3 Å². The van der Waals surface area contributed by atoms with Crippen LogP contribution in [-0.2, 0) is 4.74 Å². The summed E-state index contributed by atoms with van der Waals surface area (Å²) in [4.78, 5) is 11.3. The smallest absolute Gasteiger partial charge is 0.407 e. The molecule has 1 heterocycles. The molecule has 0 fully saturated rings. The van der Waals surface area contributed by atoms with Gasteiger partial charge in [0.05, 0.1) is 0 Å². The third-order valence-electron chi connectivity index (χ3n) is 1.74. The standard InChI is InChI=1S/C12H18N4O2/c1-12(2,3)18-11(17)14-7-5-4-6-9-8-10(13)16-15-9/h8H,5,7H2,1-3H3,(H,14,17)(H3,13,15,16). The van der Waals surface area contributed by atoms with Gasteiger partial charge in [0.15, 0.2) is 0 Å². The lowest BCUT2D eigenvalue weighted by molar-refractivity contribution is 0.0529. The molecule has 0 saturated carbocycles. The number of amides is 1. The fraction of sp³-hybridized carbons (Fsp3) is 0.500. The van der Waals surface area contributed by atoms with E-state index in [1.54, 1.807) is 6.07 Å². The number of carbonyl (C=O) groups excluding carboxylic acids is 1. The van der Waals surface area contributed by atoms with E-state index in [4.69, 9.17) is 10.5 Å². The van der Waals surface area contributed by atoms with Crippen LogP contribution in [0.3, 0.4) is 0 Å². The van der Waals surface area contributed by atoms with Gasteiger partial charge in [-0.2, -0.15) is 5.10 Å². The van der Waals surface area contributed by atoms with Crippen molar-refractivity contribution in [2.24, 2.45) is 0 Å². The van der Waals surface area contributed by atoms with E-state index in [2.05, 4.69) is 27.4 Å². The third-order valence-corrected chi connectivity index (χ3v) is 1.74. The molecule has 6 nitrogen and oxygen atoms in total. The molecule has 0 radical (unpaired) electrons. The number of nitrogen functional groups attached to an aromatic ring is 1. The van der Waals surface area contributed by atoms with Crippen molar-refractivity contribution in [3.05, 3.63) is 11.8 Å². The van der Waals surface area contributed by atoms with Gasteiger partial charge in [0.25, 0.3) is 0 Å². The van der Waals surface area contributed by atoms with Gasteiger partial charge in [0.2, 0.25) is 0 Å². The highest BCUT2D eigenvalue weighted by atomic mass is 16.6.